The van der Waals surface area contributed by atoms with E-state index in [1.807, 2.05) is 16.8 Å². The number of piperidine rings is 1. The Bertz CT molecular complexity index is 276. The standard InChI is InChI=1S/C14H28N2O2/c1-11-7-6-8-12(2)16(11)13(17)9-15(5)10-14(3,4)18/h11-12,18H,6-10H2,1-5H3. The average molecular weight is 256 g/mol. The van der Waals surface area contributed by atoms with Crippen LogP contribution in [-0.2, 0) is 4.79 Å². The van der Waals surface area contributed by atoms with E-state index in [0.29, 0.717) is 25.2 Å². The first-order valence-corrected chi connectivity index (χ1v) is 6.93. The fourth-order valence-electron chi connectivity index (χ4n) is 2.94. The Morgan fingerprint density at radius 2 is 1.83 bits per heavy atom. The summed E-state index contributed by atoms with van der Waals surface area (Å²) in [5.74, 6) is 0.182. The molecule has 1 aliphatic rings. The molecular weight excluding hydrogens is 228 g/mol. The Morgan fingerprint density at radius 3 is 2.28 bits per heavy atom. The van der Waals surface area contributed by atoms with Gasteiger partial charge >= 0.3 is 0 Å². The summed E-state index contributed by atoms with van der Waals surface area (Å²) in [4.78, 5) is 16.2. The quantitative estimate of drug-likeness (QED) is 0.828. The van der Waals surface area contributed by atoms with Crippen molar-refractivity contribution in [3.05, 3.63) is 0 Å². The third-order valence-corrected chi connectivity index (χ3v) is 3.54. The van der Waals surface area contributed by atoms with Crippen molar-refractivity contribution in [3.8, 4) is 0 Å². The summed E-state index contributed by atoms with van der Waals surface area (Å²) in [6.45, 7) is 8.68. The fraction of sp³-hybridized carbons (Fsp3) is 0.929. The van der Waals surface area contributed by atoms with Crippen LogP contribution in [0.25, 0.3) is 0 Å². The number of hydrogen-bond acceptors (Lipinski definition) is 3. The lowest BCUT2D eigenvalue weighted by molar-refractivity contribution is -0.138. The molecule has 1 aliphatic heterocycles. The number of aliphatic hydroxyl groups is 1. The van der Waals surface area contributed by atoms with E-state index >= 15 is 0 Å². The third-order valence-electron chi connectivity index (χ3n) is 3.54. The molecule has 0 saturated carbocycles. The van der Waals surface area contributed by atoms with Gasteiger partial charge in [-0.3, -0.25) is 9.69 Å². The van der Waals surface area contributed by atoms with Crippen LogP contribution in [0, 0.1) is 0 Å². The molecule has 0 aliphatic carbocycles. The molecule has 0 aromatic rings. The molecule has 2 atom stereocenters. The summed E-state index contributed by atoms with van der Waals surface area (Å²) in [6, 6.07) is 0.688. The number of carbonyl (C=O) groups excluding carboxylic acids is 1. The van der Waals surface area contributed by atoms with E-state index in [1.54, 1.807) is 13.8 Å². The van der Waals surface area contributed by atoms with Crippen LogP contribution >= 0.6 is 0 Å². The molecule has 4 nitrogen and oxygen atoms in total. The Hall–Kier alpha value is -0.610. The van der Waals surface area contributed by atoms with E-state index in [2.05, 4.69) is 13.8 Å². The maximum absolute atomic E-state index is 12.3. The van der Waals surface area contributed by atoms with Gasteiger partial charge in [0.1, 0.15) is 0 Å². The predicted molar refractivity (Wildman–Crippen MR) is 73.4 cm³/mol. The second kappa shape index (κ2) is 6.02. The highest BCUT2D eigenvalue weighted by molar-refractivity contribution is 5.79. The van der Waals surface area contributed by atoms with E-state index in [1.165, 1.54) is 6.42 Å². The summed E-state index contributed by atoms with van der Waals surface area (Å²) in [5, 5.41) is 9.75. The lowest BCUT2D eigenvalue weighted by Gasteiger charge is -2.40. The summed E-state index contributed by atoms with van der Waals surface area (Å²) in [7, 11) is 1.88. The normalized spacial score (nSPS) is 25.6. The molecule has 1 N–H and O–H groups in total. The molecule has 1 rings (SSSR count). The zero-order chi connectivity index (χ0) is 13.9. The van der Waals surface area contributed by atoms with Crippen LogP contribution in [0.15, 0.2) is 0 Å². The van der Waals surface area contributed by atoms with Crippen molar-refractivity contribution in [2.24, 2.45) is 0 Å². The van der Waals surface area contributed by atoms with Gasteiger partial charge in [-0.2, -0.15) is 0 Å². The Labute approximate surface area is 111 Å². The SMILES string of the molecule is CC1CCCC(C)N1C(=O)CN(C)CC(C)(C)O. The number of likely N-dealkylation sites (tertiary alicyclic amines) is 1. The summed E-state index contributed by atoms with van der Waals surface area (Å²) in [5.41, 5.74) is -0.756. The van der Waals surface area contributed by atoms with Gasteiger partial charge < -0.3 is 10.0 Å². The lowest BCUT2D eigenvalue weighted by Crippen LogP contribution is -2.51. The Balaban J connectivity index is 2.53. The maximum atomic E-state index is 12.3. The van der Waals surface area contributed by atoms with Crippen molar-refractivity contribution >= 4 is 5.91 Å². The van der Waals surface area contributed by atoms with Gasteiger partial charge in [-0.15, -0.1) is 0 Å². The van der Waals surface area contributed by atoms with Crippen LogP contribution in [0.1, 0.15) is 47.0 Å². The van der Waals surface area contributed by atoms with Crippen LogP contribution < -0.4 is 0 Å². The maximum Gasteiger partial charge on any atom is 0.237 e. The second-order valence-corrected chi connectivity index (χ2v) is 6.41. The van der Waals surface area contributed by atoms with Gasteiger partial charge in [-0.05, 0) is 54.0 Å². The summed E-state index contributed by atoms with van der Waals surface area (Å²) >= 11 is 0. The first-order chi connectivity index (χ1) is 8.20. The van der Waals surface area contributed by atoms with Crippen molar-refractivity contribution in [2.75, 3.05) is 20.1 Å². The smallest absolute Gasteiger partial charge is 0.237 e. The summed E-state index contributed by atoms with van der Waals surface area (Å²) < 4.78 is 0. The molecule has 1 heterocycles. The predicted octanol–water partition coefficient (Wildman–Crippen LogP) is 1.48. The monoisotopic (exact) mass is 256 g/mol. The van der Waals surface area contributed by atoms with Gasteiger partial charge in [0.05, 0.1) is 12.1 Å². The molecule has 0 aromatic heterocycles. The van der Waals surface area contributed by atoms with Gasteiger partial charge in [-0.25, -0.2) is 0 Å². The van der Waals surface area contributed by atoms with Gasteiger partial charge in [0.15, 0.2) is 0 Å². The molecule has 0 radical (unpaired) electrons. The molecule has 1 saturated heterocycles. The first kappa shape index (κ1) is 15.4. The highest BCUT2D eigenvalue weighted by atomic mass is 16.3. The number of hydrogen-bond donors (Lipinski definition) is 1. The van der Waals surface area contributed by atoms with E-state index < -0.39 is 5.60 Å². The molecule has 106 valence electrons. The van der Waals surface area contributed by atoms with E-state index in [9.17, 15) is 9.90 Å². The molecule has 1 fully saturated rings. The van der Waals surface area contributed by atoms with Crippen molar-refractivity contribution in [1.82, 2.24) is 9.80 Å². The number of carbonyl (C=O) groups is 1. The van der Waals surface area contributed by atoms with Crippen molar-refractivity contribution in [3.63, 3.8) is 0 Å². The number of nitrogens with zero attached hydrogens (tertiary/aromatic N) is 2. The number of amides is 1. The van der Waals surface area contributed by atoms with E-state index in [4.69, 9.17) is 0 Å². The number of likely N-dealkylation sites (N-methyl/N-ethyl adjacent to an activating group) is 1. The van der Waals surface area contributed by atoms with Gasteiger partial charge in [0.2, 0.25) is 5.91 Å². The minimum absolute atomic E-state index is 0.182. The molecule has 1 amide bonds. The molecular formula is C14H28N2O2. The largest absolute Gasteiger partial charge is 0.389 e. The number of rotatable bonds is 4. The molecule has 4 heteroatoms. The van der Waals surface area contributed by atoms with Crippen LogP contribution in [0.4, 0.5) is 0 Å². The second-order valence-electron chi connectivity index (χ2n) is 6.41. The molecule has 0 aromatic carbocycles. The zero-order valence-electron chi connectivity index (χ0n) is 12.4. The fourth-order valence-corrected chi connectivity index (χ4v) is 2.94. The van der Waals surface area contributed by atoms with Crippen molar-refractivity contribution in [2.45, 2.75) is 64.6 Å². The van der Waals surface area contributed by atoms with Gasteiger partial charge in [-0.1, -0.05) is 0 Å². The van der Waals surface area contributed by atoms with Crippen LogP contribution in [-0.4, -0.2) is 58.6 Å². The van der Waals surface area contributed by atoms with Crippen molar-refractivity contribution < 1.29 is 9.90 Å². The first-order valence-electron chi connectivity index (χ1n) is 6.93. The topological polar surface area (TPSA) is 43.8 Å². The minimum atomic E-state index is -0.756. The Kier molecular flexibility index (Phi) is 5.17. The highest BCUT2D eigenvalue weighted by Crippen LogP contribution is 2.22. The van der Waals surface area contributed by atoms with Crippen LogP contribution in [0.3, 0.4) is 0 Å². The average Bonchev–Trinajstić information content (AvgIpc) is 2.13. The van der Waals surface area contributed by atoms with Gasteiger partial charge in [0.25, 0.3) is 0 Å². The zero-order valence-corrected chi connectivity index (χ0v) is 12.4. The molecule has 2 unspecified atom stereocenters. The molecule has 0 bridgehead atoms. The Morgan fingerprint density at radius 1 is 1.33 bits per heavy atom. The minimum Gasteiger partial charge on any atom is -0.389 e. The van der Waals surface area contributed by atoms with Gasteiger partial charge in [0, 0.05) is 18.6 Å². The third kappa shape index (κ3) is 4.58. The van der Waals surface area contributed by atoms with Crippen LogP contribution in [0.2, 0.25) is 0 Å². The van der Waals surface area contributed by atoms with E-state index in [0.717, 1.165) is 12.8 Å². The summed E-state index contributed by atoms with van der Waals surface area (Å²) in [6.07, 6.45) is 3.42. The molecule has 18 heavy (non-hydrogen) atoms. The molecule has 0 spiro atoms. The highest BCUT2D eigenvalue weighted by Gasteiger charge is 2.29. The van der Waals surface area contributed by atoms with Crippen molar-refractivity contribution in [1.29, 1.82) is 0 Å². The van der Waals surface area contributed by atoms with Crippen LogP contribution in [0.5, 0.6) is 0 Å². The lowest BCUT2D eigenvalue weighted by atomic mass is 9.97. The van der Waals surface area contributed by atoms with E-state index in [-0.39, 0.29) is 5.91 Å².